The topological polar surface area (TPSA) is 80.7 Å². The maximum Gasteiger partial charge on any atom is 0.375 e. The van der Waals surface area contributed by atoms with Crippen LogP contribution in [0.25, 0.3) is 0 Å². The molecule has 0 fully saturated rings. The van der Waals surface area contributed by atoms with Crippen molar-refractivity contribution in [2.45, 2.75) is 60.3 Å². The number of esters is 1. The molecule has 0 bridgehead atoms. The monoisotopic (exact) mass is 400 g/mol. The molecule has 1 aliphatic carbocycles. The minimum absolute atomic E-state index is 0.0779. The Hall–Kier alpha value is -2.69. The average Bonchev–Trinajstić information content (AvgIpc) is 2.60. The lowest BCUT2D eigenvalue weighted by Gasteiger charge is -2.32. The third-order valence-electron chi connectivity index (χ3n) is 4.93. The van der Waals surface area contributed by atoms with Crippen LogP contribution in [0.3, 0.4) is 0 Å². The molecule has 1 aliphatic rings. The van der Waals surface area contributed by atoms with E-state index in [-0.39, 0.29) is 12.0 Å². The maximum absolute atomic E-state index is 11.3. The number of aliphatic carboxylic acids is 1. The van der Waals surface area contributed by atoms with Crippen LogP contribution in [0.5, 0.6) is 0 Å². The summed E-state index contributed by atoms with van der Waals surface area (Å²) in [6.07, 6.45) is 14.6. The largest absolute Gasteiger partial charge is 0.481 e. The summed E-state index contributed by atoms with van der Waals surface area (Å²) in [4.78, 5) is 32.9. The van der Waals surface area contributed by atoms with Crippen molar-refractivity contribution in [1.82, 2.24) is 0 Å². The van der Waals surface area contributed by atoms with Gasteiger partial charge in [-0.3, -0.25) is 9.59 Å². The molecule has 0 spiro atoms. The second kappa shape index (κ2) is 11.3. The Labute approximate surface area is 173 Å². The molecule has 158 valence electrons. The van der Waals surface area contributed by atoms with Gasteiger partial charge in [-0.1, -0.05) is 60.9 Å². The van der Waals surface area contributed by atoms with Gasteiger partial charge in [0.05, 0.1) is 0 Å². The van der Waals surface area contributed by atoms with Crippen molar-refractivity contribution in [3.63, 3.8) is 0 Å². The lowest BCUT2D eigenvalue weighted by molar-refractivity contribution is -0.155. The molecule has 0 saturated carbocycles. The van der Waals surface area contributed by atoms with E-state index in [1.807, 2.05) is 32.1 Å². The van der Waals surface area contributed by atoms with Gasteiger partial charge in [-0.05, 0) is 57.1 Å². The Kier molecular flexibility index (Phi) is 9.53. The average molecular weight is 401 g/mol. The molecule has 0 radical (unpaired) electrons. The van der Waals surface area contributed by atoms with Crippen LogP contribution in [-0.4, -0.2) is 29.4 Å². The van der Waals surface area contributed by atoms with Crippen LogP contribution in [0.1, 0.15) is 60.3 Å². The van der Waals surface area contributed by atoms with Crippen molar-refractivity contribution < 1.29 is 24.2 Å². The van der Waals surface area contributed by atoms with Crippen LogP contribution < -0.4 is 0 Å². The van der Waals surface area contributed by atoms with Crippen LogP contribution in [0, 0.1) is 5.41 Å². The second-order valence-corrected chi connectivity index (χ2v) is 8.07. The van der Waals surface area contributed by atoms with E-state index in [4.69, 9.17) is 9.84 Å². The van der Waals surface area contributed by atoms with Gasteiger partial charge in [-0.2, -0.15) is 0 Å². The molecular weight excluding hydrogens is 368 g/mol. The summed E-state index contributed by atoms with van der Waals surface area (Å²) >= 11 is 0. The Morgan fingerprint density at radius 3 is 2.45 bits per heavy atom. The SMILES string of the molecule is CC(C=CC1=C(C)CCCC1(C)C)=C/C=C\C(C)=CCOC(=O)C(=O)CC(=O)O. The number of rotatable bonds is 9. The predicted molar refractivity (Wildman–Crippen MR) is 114 cm³/mol. The third-order valence-corrected chi connectivity index (χ3v) is 4.93. The molecular formula is C24H32O5. The van der Waals surface area contributed by atoms with E-state index >= 15 is 0 Å². The molecule has 0 aromatic rings. The van der Waals surface area contributed by atoms with Gasteiger partial charge >= 0.3 is 11.9 Å². The molecule has 0 aromatic heterocycles. The van der Waals surface area contributed by atoms with Gasteiger partial charge in [-0.15, -0.1) is 0 Å². The molecule has 0 atom stereocenters. The number of carboxylic acids is 1. The van der Waals surface area contributed by atoms with Gasteiger partial charge in [0.15, 0.2) is 0 Å². The van der Waals surface area contributed by atoms with E-state index in [0.717, 1.165) is 11.1 Å². The zero-order valence-electron chi connectivity index (χ0n) is 18.1. The standard InChI is InChI=1S/C24H32O5/c1-17(11-12-20-19(3)10-7-14-24(20,4)5)8-6-9-18(2)13-15-29-23(28)21(25)16-22(26)27/h6,8-9,11-13H,7,10,14-16H2,1-5H3,(H,26,27)/b9-6-,12-11?,17-8?,18-13?. The van der Waals surface area contributed by atoms with Crippen molar-refractivity contribution in [1.29, 1.82) is 0 Å². The van der Waals surface area contributed by atoms with Crippen molar-refractivity contribution in [3.8, 4) is 0 Å². The van der Waals surface area contributed by atoms with E-state index in [2.05, 4.69) is 32.9 Å². The van der Waals surface area contributed by atoms with Crippen LogP contribution >= 0.6 is 0 Å². The molecule has 0 heterocycles. The van der Waals surface area contributed by atoms with Crippen LogP contribution in [0.15, 0.2) is 58.7 Å². The van der Waals surface area contributed by atoms with Gasteiger partial charge in [-0.25, -0.2) is 4.79 Å². The summed E-state index contributed by atoms with van der Waals surface area (Å²) in [5.74, 6) is -3.54. The summed E-state index contributed by atoms with van der Waals surface area (Å²) in [5.41, 5.74) is 5.11. The minimum atomic E-state index is -1.35. The van der Waals surface area contributed by atoms with Crippen molar-refractivity contribution in [3.05, 3.63) is 58.7 Å². The number of ketones is 1. The highest BCUT2D eigenvalue weighted by Gasteiger charge is 2.26. The number of carbonyl (C=O) groups is 3. The molecule has 0 aromatic carbocycles. The van der Waals surface area contributed by atoms with Crippen molar-refractivity contribution in [2.24, 2.45) is 5.41 Å². The molecule has 29 heavy (non-hydrogen) atoms. The Morgan fingerprint density at radius 1 is 1.14 bits per heavy atom. The molecule has 0 aliphatic heterocycles. The summed E-state index contributed by atoms with van der Waals surface area (Å²) in [6, 6.07) is 0. The highest BCUT2D eigenvalue weighted by Crippen LogP contribution is 2.40. The first kappa shape index (κ1) is 24.3. The van der Waals surface area contributed by atoms with E-state index in [1.165, 1.54) is 30.4 Å². The first-order valence-corrected chi connectivity index (χ1v) is 9.84. The number of hydrogen-bond donors (Lipinski definition) is 1. The zero-order chi connectivity index (χ0) is 22.0. The lowest BCUT2D eigenvalue weighted by atomic mass is 9.72. The van der Waals surface area contributed by atoms with E-state index in [0.29, 0.717) is 0 Å². The van der Waals surface area contributed by atoms with Gasteiger partial charge < -0.3 is 9.84 Å². The number of carbonyl (C=O) groups excluding carboxylic acids is 2. The van der Waals surface area contributed by atoms with Crippen LogP contribution in [-0.2, 0) is 19.1 Å². The highest BCUT2D eigenvalue weighted by molar-refractivity contribution is 6.36. The highest BCUT2D eigenvalue weighted by atomic mass is 16.5. The molecule has 5 nitrogen and oxygen atoms in total. The fourth-order valence-corrected chi connectivity index (χ4v) is 3.24. The van der Waals surface area contributed by atoms with Gasteiger partial charge in [0.25, 0.3) is 5.78 Å². The number of hydrogen-bond acceptors (Lipinski definition) is 4. The molecule has 5 heteroatoms. The Morgan fingerprint density at radius 2 is 1.83 bits per heavy atom. The number of Topliss-reactive ketones (excluding diaryl/α,β-unsaturated/α-hetero) is 1. The normalized spacial score (nSPS) is 17.8. The van der Waals surface area contributed by atoms with E-state index in [1.54, 1.807) is 6.08 Å². The summed E-state index contributed by atoms with van der Waals surface area (Å²) in [5, 5.41) is 8.48. The Bertz CT molecular complexity index is 788. The van der Waals surface area contributed by atoms with Gasteiger partial charge in [0, 0.05) is 0 Å². The molecule has 0 unspecified atom stereocenters. The Balaban J connectivity index is 2.58. The number of ether oxygens (including phenoxy) is 1. The summed E-state index contributed by atoms with van der Waals surface area (Å²) in [7, 11) is 0. The van der Waals surface area contributed by atoms with Crippen LogP contribution in [0.4, 0.5) is 0 Å². The number of carboxylic acid groups (broad SMARTS) is 1. The first-order valence-electron chi connectivity index (χ1n) is 9.84. The molecule has 0 amide bonds. The molecule has 1 rings (SSSR count). The second-order valence-electron chi connectivity index (χ2n) is 8.07. The van der Waals surface area contributed by atoms with Crippen molar-refractivity contribution in [2.75, 3.05) is 6.61 Å². The molecule has 1 N–H and O–H groups in total. The minimum Gasteiger partial charge on any atom is -0.481 e. The van der Waals surface area contributed by atoms with E-state index in [9.17, 15) is 14.4 Å². The predicted octanol–water partition coefficient (Wildman–Crippen LogP) is 5.11. The van der Waals surface area contributed by atoms with Gasteiger partial charge in [0.1, 0.15) is 13.0 Å². The zero-order valence-corrected chi connectivity index (χ0v) is 18.1. The smallest absolute Gasteiger partial charge is 0.375 e. The molecule has 0 saturated heterocycles. The lowest BCUT2D eigenvalue weighted by Crippen LogP contribution is -2.20. The fourth-order valence-electron chi connectivity index (χ4n) is 3.24. The first-order chi connectivity index (χ1) is 13.5. The van der Waals surface area contributed by atoms with Gasteiger partial charge in [0.2, 0.25) is 0 Å². The van der Waals surface area contributed by atoms with E-state index < -0.39 is 24.1 Å². The summed E-state index contributed by atoms with van der Waals surface area (Å²) in [6.45, 7) is 10.6. The summed E-state index contributed by atoms with van der Waals surface area (Å²) < 4.78 is 4.74. The fraction of sp³-hybridized carbons (Fsp3) is 0.458. The maximum atomic E-state index is 11.3. The number of allylic oxidation sites excluding steroid dienone is 9. The van der Waals surface area contributed by atoms with Crippen molar-refractivity contribution >= 4 is 17.7 Å². The quantitative estimate of drug-likeness (QED) is 0.252. The van der Waals surface area contributed by atoms with Crippen LogP contribution in [0.2, 0.25) is 0 Å². The third kappa shape index (κ3) is 8.90.